The molecule has 0 spiro atoms. The van der Waals surface area contributed by atoms with Crippen molar-refractivity contribution in [3.05, 3.63) is 60.7 Å². The van der Waals surface area contributed by atoms with Gasteiger partial charge in [0.15, 0.2) is 0 Å². The first-order valence-electron chi connectivity index (χ1n) is 7.97. The Morgan fingerprint density at radius 1 is 0.957 bits per heavy atom. The average molecular weight is 328 g/mol. The van der Waals surface area contributed by atoms with Gasteiger partial charge in [0.05, 0.1) is 5.92 Å². The number of esters is 1. The van der Waals surface area contributed by atoms with Crippen LogP contribution < -0.4 is 10.6 Å². The molecule has 0 aromatic heterocycles. The summed E-state index contributed by atoms with van der Waals surface area (Å²) < 4.78 is 5.54. The summed E-state index contributed by atoms with van der Waals surface area (Å²) in [6.07, 6.45) is 0.804. The van der Waals surface area contributed by atoms with E-state index in [0.717, 1.165) is 6.16 Å². The summed E-state index contributed by atoms with van der Waals surface area (Å²) in [6.45, 7) is 7.70. The highest BCUT2D eigenvalue weighted by Crippen LogP contribution is 2.36. The third-order valence-corrected chi connectivity index (χ3v) is 6.16. The van der Waals surface area contributed by atoms with E-state index >= 15 is 0 Å². The van der Waals surface area contributed by atoms with Crippen LogP contribution in [0.5, 0.6) is 0 Å². The highest BCUT2D eigenvalue weighted by Gasteiger charge is 2.25. The van der Waals surface area contributed by atoms with Crippen LogP contribution in [0, 0.1) is 5.92 Å². The summed E-state index contributed by atoms with van der Waals surface area (Å²) in [5, 5.41) is 2.59. The summed E-state index contributed by atoms with van der Waals surface area (Å²) in [5.74, 6) is -0.238. The number of hydrogen-bond acceptors (Lipinski definition) is 2. The van der Waals surface area contributed by atoms with E-state index in [0.29, 0.717) is 0 Å². The maximum absolute atomic E-state index is 12.3. The van der Waals surface area contributed by atoms with E-state index in [2.05, 4.69) is 48.5 Å². The highest BCUT2D eigenvalue weighted by atomic mass is 31.1. The second kappa shape index (κ2) is 7.75. The van der Waals surface area contributed by atoms with Crippen LogP contribution in [0.4, 0.5) is 0 Å². The van der Waals surface area contributed by atoms with Crippen molar-refractivity contribution in [2.24, 2.45) is 5.92 Å². The molecule has 0 amide bonds. The Labute approximate surface area is 140 Å². The van der Waals surface area contributed by atoms with Crippen LogP contribution in [0.1, 0.15) is 27.7 Å². The molecule has 0 aliphatic heterocycles. The minimum absolute atomic E-state index is 0.114. The molecule has 0 aliphatic rings. The lowest BCUT2D eigenvalue weighted by atomic mass is 10.1. The monoisotopic (exact) mass is 328 g/mol. The Morgan fingerprint density at radius 2 is 1.39 bits per heavy atom. The first-order valence-corrected chi connectivity index (χ1v) is 9.50. The molecule has 3 heteroatoms. The zero-order valence-electron chi connectivity index (χ0n) is 14.3. The van der Waals surface area contributed by atoms with Gasteiger partial charge >= 0.3 is 5.97 Å². The summed E-state index contributed by atoms with van der Waals surface area (Å²) >= 11 is 0. The minimum atomic E-state index is -0.565. The zero-order chi connectivity index (χ0) is 16.9. The van der Waals surface area contributed by atoms with Gasteiger partial charge < -0.3 is 4.74 Å². The fourth-order valence-electron chi connectivity index (χ4n) is 2.33. The average Bonchev–Trinajstić information content (AvgIpc) is 2.52. The fraction of sp³-hybridized carbons (Fsp3) is 0.350. The summed E-state index contributed by atoms with van der Waals surface area (Å²) in [6, 6.07) is 20.9. The van der Waals surface area contributed by atoms with Crippen molar-refractivity contribution in [3.63, 3.8) is 0 Å². The van der Waals surface area contributed by atoms with E-state index < -0.39 is 13.5 Å². The number of carbonyl (C=O) groups is 1. The summed E-state index contributed by atoms with van der Waals surface area (Å²) in [7, 11) is -0.565. The van der Waals surface area contributed by atoms with Crippen molar-refractivity contribution in [1.82, 2.24) is 0 Å². The Morgan fingerprint density at radius 3 is 1.78 bits per heavy atom. The van der Waals surface area contributed by atoms with Gasteiger partial charge in [0.25, 0.3) is 0 Å². The predicted octanol–water partition coefficient (Wildman–Crippen LogP) is 4.10. The summed E-state index contributed by atoms with van der Waals surface area (Å²) in [5.41, 5.74) is -0.437. The second-order valence-corrected chi connectivity index (χ2v) is 8.97. The van der Waals surface area contributed by atoms with E-state index in [1.165, 1.54) is 10.6 Å². The maximum atomic E-state index is 12.3. The largest absolute Gasteiger partial charge is 0.460 e. The van der Waals surface area contributed by atoms with Gasteiger partial charge in [-0.05, 0) is 45.5 Å². The van der Waals surface area contributed by atoms with Gasteiger partial charge in [-0.3, -0.25) is 4.79 Å². The molecule has 1 unspecified atom stereocenters. The van der Waals surface area contributed by atoms with Gasteiger partial charge in [0.1, 0.15) is 5.60 Å². The lowest BCUT2D eigenvalue weighted by Gasteiger charge is -2.25. The van der Waals surface area contributed by atoms with E-state index in [1.807, 2.05) is 39.8 Å². The molecule has 2 aromatic rings. The number of ether oxygens (including phenoxy) is 1. The smallest absolute Gasteiger partial charge is 0.309 e. The number of carbonyl (C=O) groups excluding carboxylic acids is 1. The molecule has 122 valence electrons. The van der Waals surface area contributed by atoms with Crippen LogP contribution in [0.3, 0.4) is 0 Å². The van der Waals surface area contributed by atoms with Crippen molar-refractivity contribution in [3.8, 4) is 0 Å². The van der Waals surface area contributed by atoms with Crippen molar-refractivity contribution in [2.75, 3.05) is 6.16 Å². The van der Waals surface area contributed by atoms with E-state index in [-0.39, 0.29) is 11.9 Å². The van der Waals surface area contributed by atoms with Crippen LogP contribution in [-0.4, -0.2) is 17.7 Å². The molecule has 0 bridgehead atoms. The Balaban J connectivity index is 2.21. The van der Waals surface area contributed by atoms with Crippen LogP contribution in [0.25, 0.3) is 0 Å². The topological polar surface area (TPSA) is 26.3 Å². The number of benzene rings is 2. The molecule has 0 N–H and O–H groups in total. The third kappa shape index (κ3) is 5.48. The number of rotatable bonds is 5. The first kappa shape index (κ1) is 17.7. The van der Waals surface area contributed by atoms with Gasteiger partial charge in [0, 0.05) is 0 Å². The SMILES string of the molecule is CC(CP(c1ccccc1)c1ccccc1)C(=O)OC(C)(C)C. The Hall–Kier alpha value is -1.66. The van der Waals surface area contributed by atoms with Crippen LogP contribution in [0.15, 0.2) is 60.7 Å². The molecule has 0 heterocycles. The van der Waals surface area contributed by atoms with Gasteiger partial charge in [-0.2, -0.15) is 0 Å². The van der Waals surface area contributed by atoms with E-state index in [4.69, 9.17) is 4.74 Å². The molecular formula is C20H25O2P. The molecule has 0 fully saturated rings. The Bertz CT molecular complexity index is 578. The quantitative estimate of drug-likeness (QED) is 0.610. The fourth-order valence-corrected chi connectivity index (χ4v) is 4.81. The maximum Gasteiger partial charge on any atom is 0.309 e. The van der Waals surface area contributed by atoms with Crippen LogP contribution in [0.2, 0.25) is 0 Å². The normalized spacial score (nSPS) is 12.9. The lowest BCUT2D eigenvalue weighted by molar-refractivity contribution is -0.158. The number of hydrogen-bond donors (Lipinski definition) is 0. The van der Waals surface area contributed by atoms with Crippen LogP contribution >= 0.6 is 7.92 Å². The second-order valence-electron chi connectivity index (χ2n) is 6.72. The highest BCUT2D eigenvalue weighted by molar-refractivity contribution is 7.73. The van der Waals surface area contributed by atoms with Crippen LogP contribution in [-0.2, 0) is 9.53 Å². The lowest BCUT2D eigenvalue weighted by Crippen LogP contribution is -2.30. The summed E-state index contributed by atoms with van der Waals surface area (Å²) in [4.78, 5) is 12.3. The van der Waals surface area contributed by atoms with Gasteiger partial charge in [0.2, 0.25) is 0 Å². The minimum Gasteiger partial charge on any atom is -0.460 e. The standard InChI is InChI=1S/C20H25O2P/c1-16(19(21)22-20(2,3)4)15-23(17-11-7-5-8-12-17)18-13-9-6-10-14-18/h5-14,16H,15H2,1-4H3. The molecule has 0 saturated carbocycles. The predicted molar refractivity (Wildman–Crippen MR) is 98.9 cm³/mol. The van der Waals surface area contributed by atoms with E-state index in [9.17, 15) is 4.79 Å². The third-order valence-electron chi connectivity index (χ3n) is 3.40. The first-order chi connectivity index (χ1) is 10.9. The molecule has 2 rings (SSSR count). The molecular weight excluding hydrogens is 303 g/mol. The molecule has 0 radical (unpaired) electrons. The molecule has 0 aliphatic carbocycles. The van der Waals surface area contributed by atoms with Gasteiger partial charge in [-0.15, -0.1) is 0 Å². The van der Waals surface area contributed by atoms with E-state index in [1.54, 1.807) is 0 Å². The molecule has 2 aromatic carbocycles. The van der Waals surface area contributed by atoms with Crippen molar-refractivity contribution < 1.29 is 9.53 Å². The van der Waals surface area contributed by atoms with Crippen molar-refractivity contribution >= 4 is 24.5 Å². The molecule has 0 saturated heterocycles. The molecule has 2 nitrogen and oxygen atoms in total. The Kier molecular flexibility index (Phi) is 5.96. The van der Waals surface area contributed by atoms with Gasteiger partial charge in [-0.25, -0.2) is 0 Å². The molecule has 23 heavy (non-hydrogen) atoms. The zero-order valence-corrected chi connectivity index (χ0v) is 15.2. The molecule has 1 atom stereocenters. The van der Waals surface area contributed by atoms with Crippen molar-refractivity contribution in [2.45, 2.75) is 33.3 Å². The van der Waals surface area contributed by atoms with Crippen molar-refractivity contribution in [1.29, 1.82) is 0 Å². The van der Waals surface area contributed by atoms with Gasteiger partial charge in [-0.1, -0.05) is 67.6 Å².